The first-order valence-corrected chi connectivity index (χ1v) is 6.81. The third-order valence-electron chi connectivity index (χ3n) is 3.19. The van der Waals surface area contributed by atoms with Crippen molar-refractivity contribution in [2.45, 2.75) is 33.2 Å². The van der Waals surface area contributed by atoms with E-state index in [1.807, 2.05) is 19.2 Å². The molecule has 0 saturated carbocycles. The molecule has 0 aliphatic carbocycles. The second-order valence-electron chi connectivity index (χ2n) is 4.77. The lowest BCUT2D eigenvalue weighted by atomic mass is 9.98. The average molecular weight is 255 g/mol. The third-order valence-corrected chi connectivity index (χ3v) is 3.19. The molecule has 0 aliphatic rings. The quantitative estimate of drug-likeness (QED) is 0.891. The van der Waals surface area contributed by atoms with E-state index in [0.29, 0.717) is 0 Å². The van der Waals surface area contributed by atoms with Gasteiger partial charge in [0.15, 0.2) is 0 Å². The summed E-state index contributed by atoms with van der Waals surface area (Å²) in [4.78, 5) is 8.75. The molecule has 0 amide bonds. The summed E-state index contributed by atoms with van der Waals surface area (Å²) in [5.41, 5.74) is 3.61. The van der Waals surface area contributed by atoms with E-state index >= 15 is 0 Å². The molecule has 19 heavy (non-hydrogen) atoms. The van der Waals surface area contributed by atoms with Gasteiger partial charge in [-0.25, -0.2) is 9.97 Å². The molecule has 1 unspecified atom stereocenters. The molecule has 0 radical (unpaired) electrons. The molecule has 2 aromatic rings. The normalized spacial score (nSPS) is 12.4. The van der Waals surface area contributed by atoms with Crippen LogP contribution in [-0.4, -0.2) is 16.5 Å². The van der Waals surface area contributed by atoms with Crippen molar-refractivity contribution in [2.75, 3.05) is 6.54 Å². The third kappa shape index (κ3) is 3.38. The molecule has 1 aromatic heterocycles. The number of hydrogen-bond acceptors (Lipinski definition) is 3. The van der Waals surface area contributed by atoms with E-state index in [2.05, 4.69) is 53.4 Å². The van der Waals surface area contributed by atoms with Gasteiger partial charge in [0.25, 0.3) is 0 Å². The molecular formula is C16H21N3. The summed E-state index contributed by atoms with van der Waals surface area (Å²) in [5, 5.41) is 3.58. The Bertz CT molecular complexity index is 537. The first kappa shape index (κ1) is 13.7. The van der Waals surface area contributed by atoms with Crippen molar-refractivity contribution in [2.24, 2.45) is 0 Å². The Hall–Kier alpha value is -1.74. The number of nitrogens with zero attached hydrogens (tertiary/aromatic N) is 2. The molecule has 3 heteroatoms. The summed E-state index contributed by atoms with van der Waals surface area (Å²) in [7, 11) is 0. The zero-order valence-corrected chi connectivity index (χ0v) is 11.9. The summed E-state index contributed by atoms with van der Waals surface area (Å²) < 4.78 is 0. The molecule has 2 rings (SSSR count). The van der Waals surface area contributed by atoms with Crippen molar-refractivity contribution in [1.82, 2.24) is 15.3 Å². The number of rotatable bonds is 5. The zero-order chi connectivity index (χ0) is 13.7. The van der Waals surface area contributed by atoms with E-state index in [9.17, 15) is 0 Å². The van der Waals surface area contributed by atoms with Gasteiger partial charge < -0.3 is 5.32 Å². The second kappa shape index (κ2) is 6.43. The molecule has 1 heterocycles. The Morgan fingerprint density at radius 2 is 1.95 bits per heavy atom. The van der Waals surface area contributed by atoms with Crippen molar-refractivity contribution < 1.29 is 0 Å². The van der Waals surface area contributed by atoms with Crippen LogP contribution >= 0.6 is 0 Å². The van der Waals surface area contributed by atoms with Gasteiger partial charge in [0.1, 0.15) is 5.82 Å². The first-order valence-electron chi connectivity index (χ1n) is 6.81. The Morgan fingerprint density at radius 1 is 1.16 bits per heavy atom. The maximum Gasteiger partial charge on any atom is 0.125 e. The van der Waals surface area contributed by atoms with Gasteiger partial charge in [0.2, 0.25) is 0 Å². The Labute approximate surface area is 115 Å². The fourth-order valence-electron chi connectivity index (χ4n) is 2.21. The van der Waals surface area contributed by atoms with Crippen LogP contribution in [0.15, 0.2) is 36.5 Å². The Balaban J connectivity index is 2.38. The van der Waals surface area contributed by atoms with Gasteiger partial charge in [0.05, 0.1) is 11.7 Å². The summed E-state index contributed by atoms with van der Waals surface area (Å²) in [6.45, 7) is 7.22. The minimum atomic E-state index is 0.142. The van der Waals surface area contributed by atoms with E-state index in [0.717, 1.165) is 24.5 Å². The van der Waals surface area contributed by atoms with E-state index in [1.54, 1.807) is 0 Å². The number of benzene rings is 1. The van der Waals surface area contributed by atoms with Crippen molar-refractivity contribution in [3.05, 3.63) is 59.2 Å². The monoisotopic (exact) mass is 255 g/mol. The molecule has 0 saturated heterocycles. The minimum absolute atomic E-state index is 0.142. The van der Waals surface area contributed by atoms with Gasteiger partial charge in [-0.15, -0.1) is 0 Å². The van der Waals surface area contributed by atoms with Crippen LogP contribution in [0.2, 0.25) is 0 Å². The fourth-order valence-corrected chi connectivity index (χ4v) is 2.21. The van der Waals surface area contributed by atoms with Crippen LogP contribution in [-0.2, 0) is 0 Å². The van der Waals surface area contributed by atoms with Crippen molar-refractivity contribution in [3.8, 4) is 0 Å². The van der Waals surface area contributed by atoms with Crippen LogP contribution in [0.25, 0.3) is 0 Å². The molecule has 0 spiro atoms. The molecule has 1 aromatic carbocycles. The highest BCUT2D eigenvalue weighted by Crippen LogP contribution is 2.23. The molecular weight excluding hydrogens is 234 g/mol. The highest BCUT2D eigenvalue weighted by atomic mass is 15.0. The summed E-state index contributed by atoms with van der Waals surface area (Å²) in [6, 6.07) is 10.6. The standard InChI is InChI=1S/C16H21N3/c1-4-10-18-16(14-8-6-5-7-12(14)2)15-9-11-17-13(3)19-15/h5-9,11,16,18H,4,10H2,1-3H3. The number of aromatic nitrogens is 2. The van der Waals surface area contributed by atoms with Crippen LogP contribution in [0.5, 0.6) is 0 Å². The topological polar surface area (TPSA) is 37.8 Å². The van der Waals surface area contributed by atoms with Crippen molar-refractivity contribution in [1.29, 1.82) is 0 Å². The van der Waals surface area contributed by atoms with Gasteiger partial charge in [-0.3, -0.25) is 0 Å². The van der Waals surface area contributed by atoms with Crippen molar-refractivity contribution >= 4 is 0 Å². The van der Waals surface area contributed by atoms with Gasteiger partial charge in [-0.05, 0) is 44.0 Å². The summed E-state index contributed by atoms with van der Waals surface area (Å²) >= 11 is 0. The van der Waals surface area contributed by atoms with Gasteiger partial charge in [-0.1, -0.05) is 31.2 Å². The first-order chi connectivity index (χ1) is 9.22. The maximum atomic E-state index is 4.57. The predicted octanol–water partition coefficient (Wildman–Crippen LogP) is 3.18. The van der Waals surface area contributed by atoms with Gasteiger partial charge >= 0.3 is 0 Å². The maximum absolute atomic E-state index is 4.57. The molecule has 1 N–H and O–H groups in total. The predicted molar refractivity (Wildman–Crippen MR) is 78.1 cm³/mol. The largest absolute Gasteiger partial charge is 0.305 e. The molecule has 1 atom stereocenters. The van der Waals surface area contributed by atoms with E-state index in [1.165, 1.54) is 11.1 Å². The molecule has 3 nitrogen and oxygen atoms in total. The van der Waals surface area contributed by atoms with Crippen molar-refractivity contribution in [3.63, 3.8) is 0 Å². The number of nitrogens with one attached hydrogen (secondary N) is 1. The average Bonchev–Trinajstić information content (AvgIpc) is 2.41. The zero-order valence-electron chi connectivity index (χ0n) is 11.9. The van der Waals surface area contributed by atoms with Gasteiger partial charge in [0, 0.05) is 6.20 Å². The van der Waals surface area contributed by atoms with Crippen LogP contribution < -0.4 is 5.32 Å². The van der Waals surface area contributed by atoms with E-state index in [4.69, 9.17) is 0 Å². The van der Waals surface area contributed by atoms with Crippen LogP contribution in [0.1, 0.15) is 42.0 Å². The highest BCUT2D eigenvalue weighted by molar-refractivity contribution is 5.34. The van der Waals surface area contributed by atoms with Crippen LogP contribution in [0, 0.1) is 13.8 Å². The Morgan fingerprint density at radius 3 is 2.63 bits per heavy atom. The van der Waals surface area contributed by atoms with Crippen LogP contribution in [0.4, 0.5) is 0 Å². The molecule has 0 fully saturated rings. The van der Waals surface area contributed by atoms with E-state index in [-0.39, 0.29) is 6.04 Å². The summed E-state index contributed by atoms with van der Waals surface area (Å²) in [5.74, 6) is 0.814. The summed E-state index contributed by atoms with van der Waals surface area (Å²) in [6.07, 6.45) is 2.93. The molecule has 100 valence electrons. The van der Waals surface area contributed by atoms with E-state index < -0.39 is 0 Å². The lowest BCUT2D eigenvalue weighted by molar-refractivity contribution is 0.581. The number of hydrogen-bond donors (Lipinski definition) is 1. The fraction of sp³-hybridized carbons (Fsp3) is 0.375. The van der Waals surface area contributed by atoms with Crippen LogP contribution in [0.3, 0.4) is 0 Å². The Kier molecular flexibility index (Phi) is 4.63. The number of aryl methyl sites for hydroxylation is 2. The lowest BCUT2D eigenvalue weighted by Crippen LogP contribution is -2.25. The second-order valence-corrected chi connectivity index (χ2v) is 4.77. The molecule has 0 aliphatic heterocycles. The smallest absolute Gasteiger partial charge is 0.125 e. The lowest BCUT2D eigenvalue weighted by Gasteiger charge is -2.20. The SMILES string of the molecule is CCCNC(c1ccnc(C)n1)c1ccccc1C. The molecule has 0 bridgehead atoms. The van der Waals surface area contributed by atoms with Gasteiger partial charge in [-0.2, -0.15) is 0 Å². The minimum Gasteiger partial charge on any atom is -0.305 e. The highest BCUT2D eigenvalue weighted by Gasteiger charge is 2.16.